The zero-order valence-corrected chi connectivity index (χ0v) is 5.70. The molecular weight excluding hydrogens is 136 g/mol. The fraction of sp³-hybridized carbons (Fsp3) is 0.600. The Kier molecular flexibility index (Phi) is 5.36. The average Bonchev–Trinajstić information content (AvgIpc) is 1.97. The van der Waals surface area contributed by atoms with Crippen LogP contribution in [0.1, 0.15) is 0 Å². The normalized spacial score (nSPS) is 9.80. The molecule has 0 saturated heterocycles. The predicted octanol–water partition coefficient (Wildman–Crippen LogP) is -1.27. The van der Waals surface area contributed by atoms with E-state index in [1.807, 2.05) is 0 Å². The highest BCUT2D eigenvalue weighted by molar-refractivity contribution is 6.26. The molecule has 0 aliphatic heterocycles. The minimum atomic E-state index is -0.379. The lowest BCUT2D eigenvalue weighted by Crippen LogP contribution is -2.27. The monoisotopic (exact) mass is 146 g/mol. The lowest BCUT2D eigenvalue weighted by atomic mass is 10.6. The molecule has 0 saturated carbocycles. The maximum atomic E-state index is 10.5. The number of nitrogens with one attached hydrogen (secondary N) is 1. The maximum Gasteiger partial charge on any atom is 0.265 e. The van der Waals surface area contributed by atoms with Gasteiger partial charge < -0.3 is 15.3 Å². The number of amides is 1. The Morgan fingerprint density at radius 3 is 3.10 bits per heavy atom. The van der Waals surface area contributed by atoms with Gasteiger partial charge in [0.05, 0.1) is 6.61 Å². The van der Waals surface area contributed by atoms with Crippen LogP contribution in [0.4, 0.5) is 0 Å². The summed E-state index contributed by atoms with van der Waals surface area (Å²) in [5.74, 6) is -0.379. The molecule has 5 heteroatoms. The number of carbonyl (C=O) groups is 1. The van der Waals surface area contributed by atoms with E-state index in [2.05, 4.69) is 15.3 Å². The summed E-state index contributed by atoms with van der Waals surface area (Å²) >= 11 is 0. The lowest BCUT2D eigenvalue weighted by Gasteiger charge is -1.94. The van der Waals surface area contributed by atoms with Gasteiger partial charge in [-0.25, -0.2) is 0 Å². The summed E-state index contributed by atoms with van der Waals surface area (Å²) in [7, 11) is 1.34. The fourth-order valence-corrected chi connectivity index (χ4v) is 0.325. The second-order valence-corrected chi connectivity index (χ2v) is 1.43. The van der Waals surface area contributed by atoms with E-state index in [4.69, 9.17) is 5.11 Å². The van der Waals surface area contributed by atoms with Crippen LogP contribution in [-0.2, 0) is 9.63 Å². The Labute approximate surface area is 58.7 Å². The average molecular weight is 146 g/mol. The van der Waals surface area contributed by atoms with Crippen LogP contribution in [0.15, 0.2) is 5.16 Å². The molecule has 0 aliphatic rings. The largest absolute Gasteiger partial charge is 0.399 e. The molecule has 0 aromatic rings. The molecule has 0 spiro atoms. The Morgan fingerprint density at radius 2 is 2.60 bits per heavy atom. The molecule has 0 aromatic heterocycles. The number of hydrogen-bond acceptors (Lipinski definition) is 4. The first-order valence-corrected chi connectivity index (χ1v) is 2.76. The lowest BCUT2D eigenvalue weighted by molar-refractivity contribution is -0.114. The molecule has 0 unspecified atom stereocenters. The number of oxime groups is 1. The summed E-state index contributed by atoms with van der Waals surface area (Å²) in [6, 6.07) is 0. The molecular formula is C5H10N2O3. The molecule has 1 amide bonds. The van der Waals surface area contributed by atoms with Crippen LogP contribution in [-0.4, -0.2) is 37.5 Å². The molecule has 0 fully saturated rings. The van der Waals surface area contributed by atoms with Gasteiger partial charge in [0.15, 0.2) is 0 Å². The van der Waals surface area contributed by atoms with E-state index in [0.717, 1.165) is 6.21 Å². The number of hydrogen-bond donors (Lipinski definition) is 2. The second-order valence-electron chi connectivity index (χ2n) is 1.43. The van der Waals surface area contributed by atoms with Gasteiger partial charge in [-0.15, -0.1) is 0 Å². The van der Waals surface area contributed by atoms with Gasteiger partial charge >= 0.3 is 0 Å². The van der Waals surface area contributed by atoms with Crippen molar-refractivity contribution in [2.75, 3.05) is 20.3 Å². The first-order chi connectivity index (χ1) is 4.81. The highest BCUT2D eigenvalue weighted by Gasteiger charge is 1.91. The van der Waals surface area contributed by atoms with Crippen molar-refractivity contribution in [3.63, 3.8) is 0 Å². The van der Waals surface area contributed by atoms with Gasteiger partial charge in [-0.3, -0.25) is 4.79 Å². The Morgan fingerprint density at radius 1 is 1.90 bits per heavy atom. The van der Waals surface area contributed by atoms with Crippen molar-refractivity contribution >= 4 is 12.1 Å². The highest BCUT2D eigenvalue weighted by Crippen LogP contribution is 1.64. The van der Waals surface area contributed by atoms with Crippen LogP contribution < -0.4 is 5.32 Å². The van der Waals surface area contributed by atoms with Crippen molar-refractivity contribution in [1.29, 1.82) is 0 Å². The molecule has 0 aromatic carbocycles. The summed E-state index contributed by atoms with van der Waals surface area (Å²) in [5, 5.41) is 13.8. The molecule has 10 heavy (non-hydrogen) atoms. The number of nitrogens with zero attached hydrogens (tertiary/aromatic N) is 1. The van der Waals surface area contributed by atoms with Gasteiger partial charge in [-0.05, 0) is 0 Å². The number of rotatable bonds is 4. The van der Waals surface area contributed by atoms with E-state index in [1.54, 1.807) is 0 Å². The van der Waals surface area contributed by atoms with Crippen LogP contribution in [0, 0.1) is 0 Å². The highest BCUT2D eigenvalue weighted by atomic mass is 16.6. The topological polar surface area (TPSA) is 70.9 Å². The van der Waals surface area contributed by atoms with E-state index < -0.39 is 0 Å². The van der Waals surface area contributed by atoms with Crippen LogP contribution >= 0.6 is 0 Å². The molecule has 2 N–H and O–H groups in total. The van der Waals surface area contributed by atoms with Crippen molar-refractivity contribution < 1.29 is 14.7 Å². The Bertz CT molecular complexity index is 124. The standard InChI is InChI=1S/C5H10N2O3/c1-10-7-4-5(9)6-2-3-8/h4,8H,2-3H2,1H3,(H,6,9). The van der Waals surface area contributed by atoms with Crippen LogP contribution in [0.25, 0.3) is 0 Å². The Hall–Kier alpha value is -1.10. The van der Waals surface area contributed by atoms with Gasteiger partial charge in [0.25, 0.3) is 5.91 Å². The van der Waals surface area contributed by atoms with Crippen LogP contribution in [0.2, 0.25) is 0 Å². The van der Waals surface area contributed by atoms with Crippen LogP contribution in [0.5, 0.6) is 0 Å². The molecule has 0 heterocycles. The molecule has 58 valence electrons. The van der Waals surface area contributed by atoms with Crippen molar-refractivity contribution in [2.24, 2.45) is 5.16 Å². The van der Waals surface area contributed by atoms with Crippen LogP contribution in [0.3, 0.4) is 0 Å². The van der Waals surface area contributed by atoms with Crippen molar-refractivity contribution in [2.45, 2.75) is 0 Å². The minimum absolute atomic E-state index is 0.0768. The number of carbonyl (C=O) groups excluding carboxylic acids is 1. The molecule has 0 radical (unpaired) electrons. The molecule has 5 nitrogen and oxygen atoms in total. The maximum absolute atomic E-state index is 10.5. The zero-order chi connectivity index (χ0) is 7.82. The third-order valence-electron chi connectivity index (χ3n) is 0.686. The third kappa shape index (κ3) is 5.04. The van der Waals surface area contributed by atoms with Gasteiger partial charge in [-0.1, -0.05) is 5.16 Å². The van der Waals surface area contributed by atoms with E-state index >= 15 is 0 Å². The van der Waals surface area contributed by atoms with Gasteiger partial charge in [0.2, 0.25) is 0 Å². The minimum Gasteiger partial charge on any atom is -0.399 e. The molecule has 0 aliphatic carbocycles. The molecule has 0 rings (SSSR count). The second kappa shape index (κ2) is 6.03. The van der Waals surface area contributed by atoms with E-state index in [0.29, 0.717) is 0 Å². The smallest absolute Gasteiger partial charge is 0.265 e. The predicted molar refractivity (Wildman–Crippen MR) is 35.6 cm³/mol. The van der Waals surface area contributed by atoms with E-state index in [9.17, 15) is 4.79 Å². The molecule has 0 atom stereocenters. The fourth-order valence-electron chi connectivity index (χ4n) is 0.325. The van der Waals surface area contributed by atoms with E-state index in [-0.39, 0.29) is 19.1 Å². The van der Waals surface area contributed by atoms with E-state index in [1.165, 1.54) is 7.11 Å². The summed E-state index contributed by atoms with van der Waals surface area (Å²) in [5.41, 5.74) is 0. The number of aliphatic hydroxyl groups is 1. The first kappa shape index (κ1) is 8.90. The van der Waals surface area contributed by atoms with Gasteiger partial charge in [0.1, 0.15) is 13.3 Å². The SMILES string of the molecule is CON=CC(=O)NCCO. The molecule has 0 bridgehead atoms. The van der Waals surface area contributed by atoms with Crippen molar-refractivity contribution in [1.82, 2.24) is 5.32 Å². The quantitative estimate of drug-likeness (QED) is 0.383. The van der Waals surface area contributed by atoms with Gasteiger partial charge in [-0.2, -0.15) is 0 Å². The zero-order valence-electron chi connectivity index (χ0n) is 5.70. The summed E-state index contributed by atoms with van der Waals surface area (Å²) in [6.45, 7) is 0.154. The Balaban J connectivity index is 3.34. The van der Waals surface area contributed by atoms with Crippen molar-refractivity contribution in [3.05, 3.63) is 0 Å². The third-order valence-corrected chi connectivity index (χ3v) is 0.686. The summed E-state index contributed by atoms with van der Waals surface area (Å²) in [4.78, 5) is 14.7. The van der Waals surface area contributed by atoms with Gasteiger partial charge in [0, 0.05) is 6.54 Å². The summed E-state index contributed by atoms with van der Waals surface area (Å²) in [6.07, 6.45) is 0.996. The summed E-state index contributed by atoms with van der Waals surface area (Å²) < 4.78 is 0. The number of aliphatic hydroxyl groups excluding tert-OH is 1. The first-order valence-electron chi connectivity index (χ1n) is 2.76. The van der Waals surface area contributed by atoms with Crippen molar-refractivity contribution in [3.8, 4) is 0 Å².